The summed E-state index contributed by atoms with van der Waals surface area (Å²) in [5.74, 6) is -0.528. The third kappa shape index (κ3) is 27.9. The number of carboxylic acid groups (broad SMARTS) is 1. The first-order chi connectivity index (χ1) is 18.1. The van der Waals surface area contributed by atoms with Crippen LogP contribution in [0.2, 0.25) is 0 Å². The van der Waals surface area contributed by atoms with E-state index in [4.69, 9.17) is 4.74 Å². The molecule has 0 rings (SSSR count). The van der Waals surface area contributed by atoms with Crippen LogP contribution in [0, 0.1) is 5.92 Å². The minimum absolute atomic E-state index is 0.236. The van der Waals surface area contributed by atoms with E-state index in [9.17, 15) is 14.7 Å². The smallest absolute Gasteiger partial charge is 0.306 e. The minimum atomic E-state index is -1.17. The van der Waals surface area contributed by atoms with Gasteiger partial charge in [-0.2, -0.15) is 0 Å². The summed E-state index contributed by atoms with van der Waals surface area (Å²) in [5.41, 5.74) is 0. The van der Waals surface area contributed by atoms with Crippen LogP contribution in [0.4, 0.5) is 0 Å². The molecule has 0 amide bonds. The van der Waals surface area contributed by atoms with Crippen LogP contribution in [0.15, 0.2) is 0 Å². The molecule has 0 N–H and O–H groups in total. The Morgan fingerprint density at radius 2 is 1.05 bits per heavy atom. The Hall–Kier alpha value is -1.10. The molecule has 0 saturated carbocycles. The van der Waals surface area contributed by atoms with E-state index < -0.39 is 12.1 Å². The van der Waals surface area contributed by atoms with Crippen LogP contribution in [0.3, 0.4) is 0 Å². The predicted octanol–water partition coefficient (Wildman–Crippen LogP) is 7.98. The fourth-order valence-corrected chi connectivity index (χ4v) is 5.31. The Morgan fingerprint density at radius 1 is 0.658 bits per heavy atom. The van der Waals surface area contributed by atoms with Crippen molar-refractivity contribution >= 4 is 11.9 Å². The van der Waals surface area contributed by atoms with Crippen molar-refractivity contribution in [3.63, 3.8) is 0 Å². The summed E-state index contributed by atoms with van der Waals surface area (Å²) < 4.78 is 5.96. The van der Waals surface area contributed by atoms with Gasteiger partial charge in [-0.25, -0.2) is 0 Å². The molecule has 2 unspecified atom stereocenters. The number of esters is 1. The molecule has 0 heterocycles. The van der Waals surface area contributed by atoms with Gasteiger partial charge in [0.2, 0.25) is 0 Å². The van der Waals surface area contributed by atoms with Crippen LogP contribution >= 0.6 is 0 Å². The van der Waals surface area contributed by atoms with Gasteiger partial charge >= 0.3 is 5.97 Å². The van der Waals surface area contributed by atoms with Crippen molar-refractivity contribution in [2.24, 2.45) is 5.92 Å². The monoisotopic (exact) mass is 539 g/mol. The summed E-state index contributed by atoms with van der Waals surface area (Å²) in [5, 5.41) is 10.9. The fraction of sp³-hybridized carbons (Fsp3) is 0.939. The Balaban J connectivity index is 3.44. The quantitative estimate of drug-likeness (QED) is 0.0574. The normalized spacial score (nSPS) is 13.4. The summed E-state index contributed by atoms with van der Waals surface area (Å²) >= 11 is 0. The molecule has 0 aromatic rings. The highest BCUT2D eigenvalue weighted by Gasteiger charge is 2.22. The highest BCUT2D eigenvalue weighted by Crippen LogP contribution is 2.19. The molecule has 0 aliphatic rings. The zero-order valence-corrected chi connectivity index (χ0v) is 26.2. The lowest BCUT2D eigenvalue weighted by Gasteiger charge is -2.29. The molecule has 38 heavy (non-hydrogen) atoms. The van der Waals surface area contributed by atoms with Gasteiger partial charge in [-0.15, -0.1) is 0 Å². The molecule has 2 atom stereocenters. The van der Waals surface area contributed by atoms with Crippen LogP contribution in [0.5, 0.6) is 0 Å². The number of unbranched alkanes of at least 4 members (excludes halogenated alkanes) is 17. The zero-order valence-electron chi connectivity index (χ0n) is 26.2. The first kappa shape index (κ1) is 36.9. The molecule has 0 bridgehead atoms. The van der Waals surface area contributed by atoms with E-state index in [0.29, 0.717) is 17.4 Å². The highest BCUT2D eigenvalue weighted by molar-refractivity contribution is 5.70. The molecule has 5 nitrogen and oxygen atoms in total. The fourth-order valence-electron chi connectivity index (χ4n) is 5.31. The SMILES string of the molecule is CCCCCCC(C)CCCCCCCCCCCCCCCCCC(=O)OC(CC(=O)[O-])C[N+](C)(C)C. The molecule has 0 aliphatic carbocycles. The number of hydrogen-bond donors (Lipinski definition) is 0. The number of carboxylic acids is 1. The summed E-state index contributed by atoms with van der Waals surface area (Å²) in [7, 11) is 5.86. The van der Waals surface area contributed by atoms with E-state index in [2.05, 4.69) is 13.8 Å². The lowest BCUT2D eigenvalue weighted by molar-refractivity contribution is -0.873. The second-order valence-corrected chi connectivity index (χ2v) is 13.0. The van der Waals surface area contributed by atoms with Crippen molar-refractivity contribution < 1.29 is 23.9 Å². The van der Waals surface area contributed by atoms with E-state index in [1.165, 1.54) is 116 Å². The van der Waals surface area contributed by atoms with E-state index in [1.807, 2.05) is 21.1 Å². The number of ether oxygens (including phenoxy) is 1. The number of rotatable bonds is 28. The maximum absolute atomic E-state index is 12.1. The third-order valence-electron chi connectivity index (χ3n) is 7.57. The maximum Gasteiger partial charge on any atom is 0.306 e. The van der Waals surface area contributed by atoms with E-state index in [1.54, 1.807) is 0 Å². The Labute approximate surface area is 237 Å². The van der Waals surface area contributed by atoms with Crippen LogP contribution in [0.25, 0.3) is 0 Å². The van der Waals surface area contributed by atoms with Gasteiger partial charge < -0.3 is 19.1 Å². The number of hydrogen-bond acceptors (Lipinski definition) is 4. The predicted molar refractivity (Wildman–Crippen MR) is 159 cm³/mol. The lowest BCUT2D eigenvalue weighted by atomic mass is 9.96. The van der Waals surface area contributed by atoms with Crippen molar-refractivity contribution in [1.82, 2.24) is 0 Å². The largest absolute Gasteiger partial charge is 0.550 e. The molecule has 0 saturated heterocycles. The highest BCUT2D eigenvalue weighted by atomic mass is 16.5. The van der Waals surface area contributed by atoms with Gasteiger partial charge in [-0.05, 0) is 12.3 Å². The number of nitrogens with zero attached hydrogens (tertiary/aromatic N) is 1. The summed E-state index contributed by atoms with van der Waals surface area (Å²) in [6.07, 6.45) is 27.5. The second-order valence-electron chi connectivity index (χ2n) is 13.0. The van der Waals surface area contributed by atoms with Crippen molar-refractivity contribution in [3.8, 4) is 0 Å². The van der Waals surface area contributed by atoms with Crippen LogP contribution in [-0.4, -0.2) is 50.2 Å². The number of carbonyl (C=O) groups is 2. The lowest BCUT2D eigenvalue weighted by Crippen LogP contribution is -2.45. The van der Waals surface area contributed by atoms with Crippen LogP contribution in [-0.2, 0) is 14.3 Å². The van der Waals surface area contributed by atoms with Crippen LogP contribution in [0.1, 0.15) is 162 Å². The maximum atomic E-state index is 12.1. The van der Waals surface area contributed by atoms with Gasteiger partial charge in [-0.3, -0.25) is 4.79 Å². The first-order valence-corrected chi connectivity index (χ1v) is 16.3. The average Bonchev–Trinajstić information content (AvgIpc) is 2.82. The van der Waals surface area contributed by atoms with Gasteiger partial charge in [0.05, 0.1) is 21.1 Å². The Bertz CT molecular complexity index is 558. The molecular weight excluding hydrogens is 474 g/mol. The second kappa shape index (κ2) is 24.9. The van der Waals surface area contributed by atoms with Gasteiger partial charge in [0.15, 0.2) is 6.10 Å². The van der Waals surface area contributed by atoms with Crippen molar-refractivity contribution in [3.05, 3.63) is 0 Å². The Kier molecular flexibility index (Phi) is 24.2. The Morgan fingerprint density at radius 3 is 1.45 bits per heavy atom. The molecule has 5 heteroatoms. The standard InChI is InChI=1S/C33H65NO4/c1-6-7-8-22-25-30(2)26-23-20-18-16-14-12-10-9-11-13-15-17-19-21-24-27-33(37)38-31(28-32(35)36)29-34(3,4)5/h30-31H,6-29H2,1-5H3. The number of aliphatic carboxylic acids is 1. The first-order valence-electron chi connectivity index (χ1n) is 16.3. The summed E-state index contributed by atoms with van der Waals surface area (Å²) in [4.78, 5) is 23.0. The molecule has 0 aromatic carbocycles. The molecule has 0 radical (unpaired) electrons. The van der Waals surface area contributed by atoms with Gasteiger partial charge in [0.25, 0.3) is 0 Å². The molecular formula is C33H65NO4. The summed E-state index contributed by atoms with van der Waals surface area (Å²) in [6, 6.07) is 0. The average molecular weight is 540 g/mol. The number of carbonyl (C=O) groups excluding carboxylic acids is 2. The number of quaternary nitrogens is 1. The summed E-state index contributed by atoms with van der Waals surface area (Å²) in [6.45, 7) is 5.20. The van der Waals surface area contributed by atoms with E-state index >= 15 is 0 Å². The molecule has 0 aromatic heterocycles. The van der Waals surface area contributed by atoms with E-state index in [0.717, 1.165) is 25.2 Å². The van der Waals surface area contributed by atoms with Crippen molar-refractivity contribution in [1.29, 1.82) is 0 Å². The van der Waals surface area contributed by atoms with Crippen LogP contribution < -0.4 is 5.11 Å². The van der Waals surface area contributed by atoms with Crippen molar-refractivity contribution in [2.75, 3.05) is 27.7 Å². The minimum Gasteiger partial charge on any atom is -0.550 e. The van der Waals surface area contributed by atoms with Crippen molar-refractivity contribution in [2.45, 2.75) is 168 Å². The molecule has 0 spiro atoms. The molecule has 0 aliphatic heterocycles. The molecule has 226 valence electrons. The number of likely N-dealkylation sites (N-methyl/N-ethyl adjacent to an activating group) is 1. The van der Waals surface area contributed by atoms with Gasteiger partial charge in [0.1, 0.15) is 6.54 Å². The zero-order chi connectivity index (χ0) is 28.5. The van der Waals surface area contributed by atoms with E-state index in [-0.39, 0.29) is 12.4 Å². The third-order valence-corrected chi connectivity index (χ3v) is 7.57. The van der Waals surface area contributed by atoms with Gasteiger partial charge in [0, 0.05) is 18.8 Å². The topological polar surface area (TPSA) is 66.4 Å². The van der Waals surface area contributed by atoms with Gasteiger partial charge in [-0.1, -0.05) is 142 Å². The molecule has 0 fully saturated rings.